The highest BCUT2D eigenvalue weighted by atomic mass is 16.2. The molecule has 2 aromatic rings. The lowest BCUT2D eigenvalue weighted by molar-refractivity contribution is -0.124. The first-order valence-corrected chi connectivity index (χ1v) is 8.68. The van der Waals surface area contributed by atoms with Crippen LogP contribution in [0.1, 0.15) is 24.8 Å². The molecule has 1 aromatic carbocycles. The molecule has 1 aliphatic rings. The fourth-order valence-electron chi connectivity index (χ4n) is 3.18. The molecule has 25 heavy (non-hydrogen) atoms. The second-order valence-electron chi connectivity index (χ2n) is 6.43. The third-order valence-corrected chi connectivity index (χ3v) is 4.61. The zero-order valence-corrected chi connectivity index (χ0v) is 14.4. The van der Waals surface area contributed by atoms with Gasteiger partial charge in [0.2, 0.25) is 5.91 Å². The number of aromatic nitrogens is 2. The van der Waals surface area contributed by atoms with Crippen molar-refractivity contribution in [1.29, 1.82) is 5.26 Å². The molecule has 1 amide bonds. The Hall–Kier alpha value is -2.65. The van der Waals surface area contributed by atoms with Gasteiger partial charge in [-0.3, -0.25) is 9.48 Å². The fourth-order valence-corrected chi connectivity index (χ4v) is 3.18. The largest absolute Gasteiger partial charge is 0.339 e. The van der Waals surface area contributed by atoms with Crippen molar-refractivity contribution in [2.24, 2.45) is 7.05 Å². The van der Waals surface area contributed by atoms with Gasteiger partial charge >= 0.3 is 0 Å². The first kappa shape index (κ1) is 17.2. The Bertz CT molecular complexity index is 753. The molecular formula is C19H23N5O. The highest BCUT2D eigenvalue weighted by Gasteiger charge is 2.23. The molecule has 2 heterocycles. The number of carbonyl (C=O) groups is 1. The van der Waals surface area contributed by atoms with Crippen LogP contribution in [0.25, 0.3) is 11.3 Å². The number of aryl methyl sites for hydroxylation is 1. The molecule has 2 atom stereocenters. The van der Waals surface area contributed by atoms with E-state index in [4.69, 9.17) is 0 Å². The van der Waals surface area contributed by atoms with Crippen molar-refractivity contribution in [3.8, 4) is 17.3 Å². The molecule has 1 saturated heterocycles. The van der Waals surface area contributed by atoms with E-state index in [2.05, 4.69) is 21.8 Å². The summed E-state index contributed by atoms with van der Waals surface area (Å²) in [4.78, 5) is 12.3. The Morgan fingerprint density at radius 2 is 2.20 bits per heavy atom. The van der Waals surface area contributed by atoms with Crippen LogP contribution < -0.4 is 10.6 Å². The highest BCUT2D eigenvalue weighted by Crippen LogP contribution is 2.19. The van der Waals surface area contributed by atoms with Gasteiger partial charge in [-0.25, -0.2) is 0 Å². The minimum atomic E-state index is -0.515. The minimum absolute atomic E-state index is 0.0715. The van der Waals surface area contributed by atoms with Crippen molar-refractivity contribution in [2.45, 2.75) is 37.8 Å². The van der Waals surface area contributed by atoms with E-state index in [1.807, 2.05) is 42.1 Å². The lowest BCUT2D eigenvalue weighted by atomic mass is 10.0. The number of hydrogen-bond acceptors (Lipinski definition) is 4. The number of amides is 1. The summed E-state index contributed by atoms with van der Waals surface area (Å²) < 4.78 is 1.82. The maximum absolute atomic E-state index is 12.3. The average molecular weight is 337 g/mol. The van der Waals surface area contributed by atoms with Crippen LogP contribution in [-0.2, 0) is 18.3 Å². The van der Waals surface area contributed by atoms with Gasteiger partial charge in [0.1, 0.15) is 6.04 Å². The molecule has 1 aliphatic heterocycles. The van der Waals surface area contributed by atoms with E-state index in [0.717, 1.165) is 42.6 Å². The van der Waals surface area contributed by atoms with Crippen LogP contribution in [0.4, 0.5) is 0 Å². The summed E-state index contributed by atoms with van der Waals surface area (Å²) in [6.07, 6.45) is 5.26. The second kappa shape index (κ2) is 7.95. The first-order valence-electron chi connectivity index (χ1n) is 8.68. The molecule has 1 aromatic heterocycles. The average Bonchev–Trinajstić information content (AvgIpc) is 3.08. The van der Waals surface area contributed by atoms with E-state index in [9.17, 15) is 10.1 Å². The van der Waals surface area contributed by atoms with E-state index in [0.29, 0.717) is 6.42 Å². The van der Waals surface area contributed by atoms with Gasteiger partial charge in [0.05, 0.1) is 17.8 Å². The van der Waals surface area contributed by atoms with Gasteiger partial charge in [0.15, 0.2) is 0 Å². The third kappa shape index (κ3) is 4.25. The summed E-state index contributed by atoms with van der Waals surface area (Å²) in [5.74, 6) is -0.0715. The highest BCUT2D eigenvalue weighted by molar-refractivity contribution is 5.82. The molecule has 0 aliphatic carbocycles. The van der Waals surface area contributed by atoms with Crippen molar-refractivity contribution >= 4 is 5.91 Å². The Labute approximate surface area is 147 Å². The lowest BCUT2D eigenvalue weighted by Gasteiger charge is -2.23. The first-order chi connectivity index (χ1) is 12.2. The summed E-state index contributed by atoms with van der Waals surface area (Å²) in [5, 5.41) is 19.6. The van der Waals surface area contributed by atoms with Crippen LogP contribution in [0.15, 0.2) is 36.5 Å². The van der Waals surface area contributed by atoms with Crippen molar-refractivity contribution < 1.29 is 4.79 Å². The molecule has 6 nitrogen and oxygen atoms in total. The van der Waals surface area contributed by atoms with E-state index >= 15 is 0 Å². The number of rotatable bonds is 5. The van der Waals surface area contributed by atoms with Gasteiger partial charge in [-0.15, -0.1) is 0 Å². The summed E-state index contributed by atoms with van der Waals surface area (Å²) in [5.41, 5.74) is 3.14. The predicted octanol–water partition coefficient (Wildman–Crippen LogP) is 1.78. The zero-order chi connectivity index (χ0) is 17.6. The van der Waals surface area contributed by atoms with Gasteiger partial charge in [0.25, 0.3) is 0 Å². The molecule has 0 spiro atoms. The molecule has 130 valence electrons. The van der Waals surface area contributed by atoms with Gasteiger partial charge < -0.3 is 10.6 Å². The van der Waals surface area contributed by atoms with Gasteiger partial charge in [0, 0.05) is 19.7 Å². The number of carbonyl (C=O) groups excluding carboxylic acids is 1. The minimum Gasteiger partial charge on any atom is -0.339 e. The fraction of sp³-hybridized carbons (Fsp3) is 0.421. The van der Waals surface area contributed by atoms with Crippen LogP contribution in [0.5, 0.6) is 0 Å². The zero-order valence-electron chi connectivity index (χ0n) is 14.4. The third-order valence-electron chi connectivity index (χ3n) is 4.61. The Morgan fingerprint density at radius 1 is 1.40 bits per heavy atom. The Kier molecular flexibility index (Phi) is 5.46. The topological polar surface area (TPSA) is 82.7 Å². The summed E-state index contributed by atoms with van der Waals surface area (Å²) in [6.45, 7) is 0.866. The molecule has 3 rings (SSSR count). The van der Waals surface area contributed by atoms with E-state index in [1.165, 1.54) is 0 Å². The standard InChI is InChI=1S/C19H23N5O/c1-24-18(9-11-22-24)15-7-5-14(6-8-15)12-16(13-20)23-19(25)17-4-2-3-10-21-17/h5-9,11,16-17,21H,2-4,10,12H2,1H3,(H,23,25)/t16-,17-/m0/s1. The smallest absolute Gasteiger partial charge is 0.238 e. The van der Waals surface area contributed by atoms with E-state index in [-0.39, 0.29) is 11.9 Å². The van der Waals surface area contributed by atoms with Crippen LogP contribution >= 0.6 is 0 Å². The van der Waals surface area contributed by atoms with E-state index < -0.39 is 6.04 Å². The van der Waals surface area contributed by atoms with Crippen molar-refractivity contribution in [3.05, 3.63) is 42.1 Å². The molecule has 0 unspecified atom stereocenters. The summed E-state index contributed by atoms with van der Waals surface area (Å²) in [7, 11) is 1.91. The molecule has 6 heteroatoms. The van der Waals surface area contributed by atoms with Crippen molar-refractivity contribution in [2.75, 3.05) is 6.54 Å². The number of hydrogen-bond donors (Lipinski definition) is 2. The van der Waals surface area contributed by atoms with Crippen LogP contribution in [-0.4, -0.2) is 34.3 Å². The number of nitrogens with one attached hydrogen (secondary N) is 2. The lowest BCUT2D eigenvalue weighted by Crippen LogP contribution is -2.49. The molecule has 0 bridgehead atoms. The number of nitriles is 1. The number of benzene rings is 1. The quantitative estimate of drug-likeness (QED) is 0.871. The van der Waals surface area contributed by atoms with Crippen LogP contribution in [0.2, 0.25) is 0 Å². The molecular weight excluding hydrogens is 314 g/mol. The second-order valence-corrected chi connectivity index (χ2v) is 6.43. The number of nitrogens with zero attached hydrogens (tertiary/aromatic N) is 3. The SMILES string of the molecule is Cn1nccc1-c1ccc(C[C@@H](C#N)NC(=O)[C@@H]2CCCCN2)cc1. The van der Waals surface area contributed by atoms with Gasteiger partial charge in [-0.05, 0) is 36.6 Å². The maximum Gasteiger partial charge on any atom is 0.238 e. The Morgan fingerprint density at radius 3 is 2.80 bits per heavy atom. The maximum atomic E-state index is 12.3. The molecule has 0 radical (unpaired) electrons. The normalized spacial score (nSPS) is 18.3. The molecule has 1 fully saturated rings. The summed E-state index contributed by atoms with van der Waals surface area (Å²) in [6, 6.07) is 11.5. The predicted molar refractivity (Wildman–Crippen MR) is 95.5 cm³/mol. The van der Waals surface area contributed by atoms with E-state index in [1.54, 1.807) is 6.20 Å². The monoisotopic (exact) mass is 337 g/mol. The van der Waals surface area contributed by atoms with Gasteiger partial charge in [-0.2, -0.15) is 10.4 Å². The number of piperidine rings is 1. The van der Waals surface area contributed by atoms with Crippen molar-refractivity contribution in [1.82, 2.24) is 20.4 Å². The summed E-state index contributed by atoms with van der Waals surface area (Å²) >= 11 is 0. The molecule has 0 saturated carbocycles. The van der Waals surface area contributed by atoms with Crippen LogP contribution in [0.3, 0.4) is 0 Å². The van der Waals surface area contributed by atoms with Gasteiger partial charge in [-0.1, -0.05) is 30.7 Å². The molecule has 2 N–H and O–H groups in total. The van der Waals surface area contributed by atoms with Crippen LogP contribution in [0, 0.1) is 11.3 Å². The van der Waals surface area contributed by atoms with Crippen molar-refractivity contribution in [3.63, 3.8) is 0 Å². The Balaban J connectivity index is 1.61.